The summed E-state index contributed by atoms with van der Waals surface area (Å²) >= 11 is 0. The highest BCUT2D eigenvalue weighted by molar-refractivity contribution is 6.17. The third-order valence-corrected chi connectivity index (χ3v) is 6.76. The Hall–Kier alpha value is -2.98. The number of pyridine rings is 1. The van der Waals surface area contributed by atoms with Crippen LogP contribution >= 0.6 is 0 Å². The maximum Gasteiger partial charge on any atom is 0.163 e. The van der Waals surface area contributed by atoms with Crippen LogP contribution in [0, 0.1) is 13.8 Å². The monoisotopic (exact) mass is 456 g/mol. The number of Topliss-reactive ketones (excluding diaryl/α,β-unsaturated/α-hetero) is 1. The van der Waals surface area contributed by atoms with Crippen LogP contribution in [0.15, 0.2) is 42.6 Å². The molecule has 0 saturated carbocycles. The Kier molecular flexibility index (Phi) is 7.47. The lowest BCUT2D eigenvalue weighted by Gasteiger charge is -2.13. The number of carbonyl (C=O) groups excluding carboxylic acids is 1. The lowest BCUT2D eigenvalue weighted by atomic mass is 9.90. The summed E-state index contributed by atoms with van der Waals surface area (Å²) < 4.78 is 0. The third-order valence-electron chi connectivity index (χ3n) is 6.76. The first-order valence-corrected chi connectivity index (χ1v) is 12.6. The number of nitrogens with zero attached hydrogens (tertiary/aromatic N) is 1. The fraction of sp³-hybridized carbons (Fsp3) is 0.400. The van der Waals surface area contributed by atoms with Crippen LogP contribution in [0.25, 0.3) is 33.1 Å². The summed E-state index contributed by atoms with van der Waals surface area (Å²) in [5.41, 5.74) is 8.29. The van der Waals surface area contributed by atoms with E-state index < -0.39 is 0 Å². The van der Waals surface area contributed by atoms with Gasteiger partial charge < -0.3 is 10.1 Å². The standard InChI is InChI=1S/C30H36N2O2/c1-5-6-11-22-12-9-13-23(16-22)25-17-24(27(34)14-8-7-10-20(3)33)21(4)29-28(25)26-15-19(2)18-31-30(26)32-29/h9,12-13,15-18,20,33H,5-8,10-11,14H2,1-4H3,(H,31,32)/t20-/m1/s1. The van der Waals surface area contributed by atoms with Crippen molar-refractivity contribution in [3.8, 4) is 11.1 Å². The molecule has 0 fully saturated rings. The van der Waals surface area contributed by atoms with Gasteiger partial charge in [0.2, 0.25) is 0 Å². The van der Waals surface area contributed by atoms with Crippen LogP contribution in [0.4, 0.5) is 0 Å². The van der Waals surface area contributed by atoms with E-state index in [4.69, 9.17) is 0 Å². The van der Waals surface area contributed by atoms with Crippen LogP contribution in [-0.2, 0) is 6.42 Å². The van der Waals surface area contributed by atoms with E-state index >= 15 is 0 Å². The number of benzene rings is 2. The number of aromatic amines is 1. The summed E-state index contributed by atoms with van der Waals surface area (Å²) in [4.78, 5) is 21.5. The number of nitrogens with one attached hydrogen (secondary N) is 1. The maximum absolute atomic E-state index is 13.3. The fourth-order valence-corrected chi connectivity index (χ4v) is 4.85. The zero-order valence-corrected chi connectivity index (χ0v) is 20.9. The van der Waals surface area contributed by atoms with Gasteiger partial charge in [0, 0.05) is 29.0 Å². The Balaban J connectivity index is 1.85. The van der Waals surface area contributed by atoms with Crippen molar-refractivity contribution in [2.45, 2.75) is 78.7 Å². The Morgan fingerprint density at radius 3 is 2.71 bits per heavy atom. The van der Waals surface area contributed by atoms with Crippen molar-refractivity contribution < 1.29 is 9.90 Å². The average molecular weight is 457 g/mol. The molecule has 0 saturated heterocycles. The molecule has 0 aliphatic heterocycles. The van der Waals surface area contributed by atoms with E-state index in [1.54, 1.807) is 6.92 Å². The third kappa shape index (κ3) is 5.07. The van der Waals surface area contributed by atoms with Gasteiger partial charge in [0.05, 0.1) is 11.6 Å². The SMILES string of the molecule is CCCCc1cccc(-c2cc(C(=O)CCCC[C@@H](C)O)c(C)c3[nH]c4ncc(C)cc4c23)c1. The molecule has 2 N–H and O–H groups in total. The second-order valence-electron chi connectivity index (χ2n) is 9.70. The quantitative estimate of drug-likeness (QED) is 0.192. The summed E-state index contributed by atoms with van der Waals surface area (Å²) in [6.07, 6.45) is 7.82. The van der Waals surface area contributed by atoms with Gasteiger partial charge in [0.15, 0.2) is 5.78 Å². The lowest BCUT2D eigenvalue weighted by Crippen LogP contribution is -2.05. The van der Waals surface area contributed by atoms with Crippen LogP contribution in [0.1, 0.15) is 79.4 Å². The second-order valence-corrected chi connectivity index (χ2v) is 9.70. The first-order valence-electron chi connectivity index (χ1n) is 12.6. The number of aliphatic hydroxyl groups is 1. The molecule has 4 aromatic rings. The van der Waals surface area contributed by atoms with E-state index in [9.17, 15) is 9.90 Å². The molecule has 1 atom stereocenters. The molecule has 0 amide bonds. The Morgan fingerprint density at radius 1 is 1.12 bits per heavy atom. The van der Waals surface area contributed by atoms with Gasteiger partial charge in [-0.2, -0.15) is 0 Å². The van der Waals surface area contributed by atoms with Crippen LogP contribution in [0.5, 0.6) is 0 Å². The smallest absolute Gasteiger partial charge is 0.163 e. The molecule has 4 rings (SSSR count). The minimum Gasteiger partial charge on any atom is -0.393 e. The molecule has 4 nitrogen and oxygen atoms in total. The molecular formula is C30H36N2O2. The molecule has 0 spiro atoms. The molecule has 178 valence electrons. The van der Waals surface area contributed by atoms with Gasteiger partial charge in [-0.3, -0.25) is 4.79 Å². The summed E-state index contributed by atoms with van der Waals surface area (Å²) in [6.45, 7) is 8.11. The molecule has 0 radical (unpaired) electrons. The van der Waals surface area contributed by atoms with Gasteiger partial charge in [-0.25, -0.2) is 4.98 Å². The first-order chi connectivity index (χ1) is 16.4. The van der Waals surface area contributed by atoms with Crippen molar-refractivity contribution in [1.82, 2.24) is 9.97 Å². The number of aromatic nitrogens is 2. The minimum absolute atomic E-state index is 0.163. The summed E-state index contributed by atoms with van der Waals surface area (Å²) in [5, 5.41) is 11.8. The van der Waals surface area contributed by atoms with Crippen LogP contribution < -0.4 is 0 Å². The molecular weight excluding hydrogens is 420 g/mol. The predicted molar refractivity (Wildman–Crippen MR) is 142 cm³/mol. The topological polar surface area (TPSA) is 66.0 Å². The number of aryl methyl sites for hydroxylation is 3. The van der Waals surface area contributed by atoms with Gasteiger partial charge in [0.1, 0.15) is 5.65 Å². The van der Waals surface area contributed by atoms with Crippen molar-refractivity contribution in [2.24, 2.45) is 0 Å². The van der Waals surface area contributed by atoms with Gasteiger partial charge in [0.25, 0.3) is 0 Å². The van der Waals surface area contributed by atoms with Crippen molar-refractivity contribution in [2.75, 3.05) is 0 Å². The molecule has 2 aromatic carbocycles. The van der Waals surface area contributed by atoms with Gasteiger partial charge in [-0.15, -0.1) is 0 Å². The number of aliphatic hydroxyl groups excluding tert-OH is 1. The molecule has 0 unspecified atom stereocenters. The molecule has 0 bridgehead atoms. The number of fused-ring (bicyclic) bond motifs is 3. The van der Waals surface area contributed by atoms with Crippen LogP contribution in [0.2, 0.25) is 0 Å². The van der Waals surface area contributed by atoms with Crippen molar-refractivity contribution in [1.29, 1.82) is 0 Å². The number of rotatable bonds is 10. The van der Waals surface area contributed by atoms with Gasteiger partial charge in [-0.1, -0.05) is 44.0 Å². The fourth-order valence-electron chi connectivity index (χ4n) is 4.85. The van der Waals surface area contributed by atoms with Crippen molar-refractivity contribution >= 4 is 27.7 Å². The normalized spacial score (nSPS) is 12.5. The Bertz CT molecular complexity index is 1320. The number of carbonyl (C=O) groups is 1. The lowest BCUT2D eigenvalue weighted by molar-refractivity contribution is 0.0975. The number of H-pyrrole nitrogens is 1. The van der Waals surface area contributed by atoms with E-state index in [0.29, 0.717) is 6.42 Å². The highest BCUT2D eigenvalue weighted by Gasteiger charge is 2.20. The van der Waals surface area contributed by atoms with E-state index in [-0.39, 0.29) is 11.9 Å². The number of unbranched alkanes of at least 4 members (excludes halogenated alkanes) is 2. The Morgan fingerprint density at radius 2 is 1.94 bits per heavy atom. The van der Waals surface area contributed by atoms with Gasteiger partial charge >= 0.3 is 0 Å². The highest BCUT2D eigenvalue weighted by atomic mass is 16.3. The van der Waals surface area contributed by atoms with Gasteiger partial charge in [-0.05, 0) is 86.4 Å². The molecule has 0 aliphatic rings. The molecule has 4 heteroatoms. The average Bonchev–Trinajstić information content (AvgIpc) is 3.20. The van der Waals surface area contributed by atoms with E-state index in [0.717, 1.165) is 75.4 Å². The highest BCUT2D eigenvalue weighted by Crippen LogP contribution is 2.38. The maximum atomic E-state index is 13.3. The number of hydrogen-bond donors (Lipinski definition) is 2. The van der Waals surface area contributed by atoms with E-state index in [1.165, 1.54) is 18.4 Å². The zero-order chi connectivity index (χ0) is 24.2. The molecule has 0 aliphatic carbocycles. The van der Waals surface area contributed by atoms with Crippen LogP contribution in [-0.4, -0.2) is 27.0 Å². The number of ketones is 1. The summed E-state index contributed by atoms with van der Waals surface area (Å²) in [6, 6.07) is 13.0. The molecule has 2 heterocycles. The second kappa shape index (κ2) is 10.5. The summed E-state index contributed by atoms with van der Waals surface area (Å²) in [7, 11) is 0. The minimum atomic E-state index is -0.318. The van der Waals surface area contributed by atoms with Crippen molar-refractivity contribution in [3.05, 3.63) is 64.8 Å². The summed E-state index contributed by atoms with van der Waals surface area (Å²) in [5.74, 6) is 0.163. The Labute approximate surface area is 202 Å². The largest absolute Gasteiger partial charge is 0.393 e. The van der Waals surface area contributed by atoms with E-state index in [2.05, 4.69) is 60.2 Å². The van der Waals surface area contributed by atoms with Crippen molar-refractivity contribution in [3.63, 3.8) is 0 Å². The van der Waals surface area contributed by atoms with Crippen LogP contribution in [0.3, 0.4) is 0 Å². The first kappa shape index (κ1) is 24.2. The molecule has 34 heavy (non-hydrogen) atoms. The predicted octanol–water partition coefficient (Wildman–Crippen LogP) is 7.47. The molecule has 2 aromatic heterocycles. The number of hydrogen-bond acceptors (Lipinski definition) is 3. The van der Waals surface area contributed by atoms with E-state index in [1.807, 2.05) is 13.1 Å². The zero-order valence-electron chi connectivity index (χ0n) is 20.9.